The summed E-state index contributed by atoms with van der Waals surface area (Å²) in [6.45, 7) is 3.99. The van der Waals surface area contributed by atoms with Crippen LogP contribution in [0.25, 0.3) is 0 Å². The van der Waals surface area contributed by atoms with E-state index in [2.05, 4.69) is 10.4 Å². The molecular formula is C11H17N3O3. The Balaban J connectivity index is 2.71. The summed E-state index contributed by atoms with van der Waals surface area (Å²) in [7, 11) is 1.48. The predicted molar refractivity (Wildman–Crippen MR) is 62.7 cm³/mol. The highest BCUT2D eigenvalue weighted by Gasteiger charge is 2.18. The smallest absolute Gasteiger partial charge is 0.271 e. The lowest BCUT2D eigenvalue weighted by Gasteiger charge is -2.21. The van der Waals surface area contributed by atoms with Crippen LogP contribution in [-0.4, -0.2) is 33.9 Å². The quantitative estimate of drug-likeness (QED) is 0.744. The number of amides is 1. The van der Waals surface area contributed by atoms with Crippen LogP contribution in [0.1, 0.15) is 24.3 Å². The Morgan fingerprint density at radius 3 is 2.71 bits per heavy atom. The Hall–Kier alpha value is -1.69. The molecule has 0 bridgehead atoms. The molecule has 6 nitrogen and oxygen atoms in total. The van der Waals surface area contributed by atoms with E-state index in [0.29, 0.717) is 6.54 Å². The average molecular weight is 239 g/mol. The van der Waals surface area contributed by atoms with Crippen molar-refractivity contribution in [1.29, 1.82) is 0 Å². The summed E-state index contributed by atoms with van der Waals surface area (Å²) in [6.07, 6.45) is 0. The molecule has 94 valence electrons. The molecule has 0 aromatic carbocycles. The Labute approximate surface area is 99.3 Å². The summed E-state index contributed by atoms with van der Waals surface area (Å²) in [5.41, 5.74) is -0.464. The second kappa shape index (κ2) is 5.09. The average Bonchev–Trinajstić information content (AvgIpc) is 2.30. The van der Waals surface area contributed by atoms with Gasteiger partial charge in [0.2, 0.25) is 0 Å². The molecule has 1 heterocycles. The lowest BCUT2D eigenvalue weighted by molar-refractivity contribution is 0.0904. The maximum absolute atomic E-state index is 11.7. The maximum Gasteiger partial charge on any atom is 0.271 e. The highest BCUT2D eigenvalue weighted by Crippen LogP contribution is 2.11. The maximum atomic E-state index is 11.7. The minimum Gasteiger partial charge on any atom is -0.396 e. The molecule has 6 heteroatoms. The van der Waals surface area contributed by atoms with Crippen molar-refractivity contribution in [2.24, 2.45) is 12.5 Å². The number of carbonyl (C=O) groups is 1. The largest absolute Gasteiger partial charge is 0.396 e. The van der Waals surface area contributed by atoms with Gasteiger partial charge < -0.3 is 10.4 Å². The van der Waals surface area contributed by atoms with E-state index >= 15 is 0 Å². The molecule has 1 aromatic heterocycles. The van der Waals surface area contributed by atoms with Gasteiger partial charge in [-0.05, 0) is 6.07 Å². The first-order valence-corrected chi connectivity index (χ1v) is 5.29. The predicted octanol–water partition coefficient (Wildman–Crippen LogP) is -0.471. The lowest BCUT2D eigenvalue weighted by Crippen LogP contribution is -2.37. The molecule has 1 rings (SSSR count). The third-order valence-electron chi connectivity index (χ3n) is 2.35. The van der Waals surface area contributed by atoms with Crippen molar-refractivity contribution in [3.8, 4) is 0 Å². The Morgan fingerprint density at radius 2 is 2.18 bits per heavy atom. The van der Waals surface area contributed by atoms with E-state index in [1.54, 1.807) is 0 Å². The van der Waals surface area contributed by atoms with Crippen LogP contribution in [0.2, 0.25) is 0 Å². The fourth-order valence-electron chi connectivity index (χ4n) is 1.09. The molecule has 0 aliphatic carbocycles. The summed E-state index contributed by atoms with van der Waals surface area (Å²) in [4.78, 5) is 22.8. The molecule has 0 saturated heterocycles. The first-order valence-electron chi connectivity index (χ1n) is 5.29. The van der Waals surface area contributed by atoms with Crippen molar-refractivity contribution >= 4 is 5.91 Å². The van der Waals surface area contributed by atoms with Gasteiger partial charge in [0.1, 0.15) is 5.69 Å². The van der Waals surface area contributed by atoms with E-state index in [0.717, 1.165) is 4.68 Å². The van der Waals surface area contributed by atoms with Gasteiger partial charge in [0.05, 0.1) is 0 Å². The number of aryl methyl sites for hydroxylation is 1. The number of aliphatic hydroxyl groups excluding tert-OH is 1. The Kier molecular flexibility index (Phi) is 4.01. The fraction of sp³-hybridized carbons (Fsp3) is 0.545. The molecular weight excluding hydrogens is 222 g/mol. The standard InChI is InChI=1S/C11H17N3O3/c1-11(2,7-15)6-12-10(17)8-4-5-9(16)14(3)13-8/h4-5,15H,6-7H2,1-3H3,(H,12,17). The van der Waals surface area contributed by atoms with Gasteiger partial charge in [-0.3, -0.25) is 9.59 Å². The summed E-state index contributed by atoms with van der Waals surface area (Å²) >= 11 is 0. The third-order valence-corrected chi connectivity index (χ3v) is 2.35. The molecule has 0 radical (unpaired) electrons. The van der Waals surface area contributed by atoms with Crippen LogP contribution >= 0.6 is 0 Å². The number of aromatic nitrogens is 2. The minimum absolute atomic E-state index is 0.0199. The lowest BCUT2D eigenvalue weighted by atomic mass is 9.95. The molecule has 0 saturated carbocycles. The number of aliphatic hydroxyl groups is 1. The van der Waals surface area contributed by atoms with Crippen molar-refractivity contribution in [2.75, 3.05) is 13.2 Å². The van der Waals surface area contributed by atoms with Crippen LogP contribution in [-0.2, 0) is 7.05 Å². The van der Waals surface area contributed by atoms with Gasteiger partial charge in [-0.15, -0.1) is 0 Å². The van der Waals surface area contributed by atoms with Crippen LogP contribution in [0.5, 0.6) is 0 Å². The zero-order valence-corrected chi connectivity index (χ0v) is 10.2. The molecule has 0 aliphatic rings. The van der Waals surface area contributed by atoms with Crippen LogP contribution in [0.3, 0.4) is 0 Å². The first kappa shape index (κ1) is 13.4. The van der Waals surface area contributed by atoms with E-state index in [1.165, 1.54) is 19.2 Å². The van der Waals surface area contributed by atoms with Gasteiger partial charge in [-0.25, -0.2) is 4.68 Å². The minimum atomic E-state index is -0.379. The van der Waals surface area contributed by atoms with Gasteiger partial charge in [-0.2, -0.15) is 5.10 Å². The molecule has 0 aliphatic heterocycles. The number of hydrogen-bond acceptors (Lipinski definition) is 4. The molecule has 1 amide bonds. The highest BCUT2D eigenvalue weighted by molar-refractivity contribution is 5.91. The van der Waals surface area contributed by atoms with E-state index in [-0.39, 0.29) is 29.2 Å². The Morgan fingerprint density at radius 1 is 1.53 bits per heavy atom. The van der Waals surface area contributed by atoms with Crippen LogP contribution < -0.4 is 10.9 Å². The summed E-state index contributed by atoms with van der Waals surface area (Å²) < 4.78 is 1.10. The van der Waals surface area contributed by atoms with Gasteiger partial charge in [-0.1, -0.05) is 13.8 Å². The third kappa shape index (κ3) is 3.67. The molecule has 0 spiro atoms. The van der Waals surface area contributed by atoms with Crippen LogP contribution in [0.15, 0.2) is 16.9 Å². The molecule has 0 unspecified atom stereocenters. The second-order valence-corrected chi connectivity index (χ2v) is 4.69. The molecule has 1 aromatic rings. The molecule has 0 atom stereocenters. The number of hydrogen-bond donors (Lipinski definition) is 2. The highest BCUT2D eigenvalue weighted by atomic mass is 16.3. The van der Waals surface area contributed by atoms with Crippen molar-refractivity contribution in [3.05, 3.63) is 28.2 Å². The first-order chi connectivity index (χ1) is 7.85. The molecule has 17 heavy (non-hydrogen) atoms. The van der Waals surface area contributed by atoms with E-state index in [9.17, 15) is 9.59 Å². The zero-order chi connectivity index (χ0) is 13.1. The van der Waals surface area contributed by atoms with Crippen molar-refractivity contribution in [1.82, 2.24) is 15.1 Å². The monoisotopic (exact) mass is 239 g/mol. The second-order valence-electron chi connectivity index (χ2n) is 4.69. The SMILES string of the molecule is Cn1nc(C(=O)NCC(C)(C)CO)ccc1=O. The summed E-state index contributed by atoms with van der Waals surface area (Å²) in [5.74, 6) is -0.359. The van der Waals surface area contributed by atoms with E-state index in [4.69, 9.17) is 5.11 Å². The van der Waals surface area contributed by atoms with Crippen LogP contribution in [0.4, 0.5) is 0 Å². The summed E-state index contributed by atoms with van der Waals surface area (Å²) in [6, 6.07) is 2.67. The van der Waals surface area contributed by atoms with Gasteiger partial charge >= 0.3 is 0 Å². The zero-order valence-electron chi connectivity index (χ0n) is 10.2. The van der Waals surface area contributed by atoms with Gasteiger partial charge in [0, 0.05) is 31.7 Å². The topological polar surface area (TPSA) is 84.2 Å². The molecule has 0 fully saturated rings. The number of nitrogens with zero attached hydrogens (tertiary/aromatic N) is 2. The number of carbonyl (C=O) groups excluding carboxylic acids is 1. The normalized spacial score (nSPS) is 11.3. The van der Waals surface area contributed by atoms with E-state index < -0.39 is 0 Å². The van der Waals surface area contributed by atoms with Crippen molar-refractivity contribution in [3.63, 3.8) is 0 Å². The number of nitrogens with one attached hydrogen (secondary N) is 1. The summed E-state index contributed by atoms with van der Waals surface area (Å²) in [5, 5.41) is 15.5. The van der Waals surface area contributed by atoms with Crippen molar-refractivity contribution < 1.29 is 9.90 Å². The van der Waals surface area contributed by atoms with E-state index in [1.807, 2.05) is 13.8 Å². The fourth-order valence-corrected chi connectivity index (χ4v) is 1.09. The number of rotatable bonds is 4. The van der Waals surface area contributed by atoms with Gasteiger partial charge in [0.15, 0.2) is 0 Å². The Bertz CT molecular complexity index is 465. The van der Waals surface area contributed by atoms with Gasteiger partial charge in [0.25, 0.3) is 11.5 Å². The molecule has 2 N–H and O–H groups in total. The van der Waals surface area contributed by atoms with Crippen LogP contribution in [0, 0.1) is 5.41 Å². The van der Waals surface area contributed by atoms with Crippen molar-refractivity contribution in [2.45, 2.75) is 13.8 Å².